The highest BCUT2D eigenvalue weighted by Crippen LogP contribution is 2.57. The second-order valence-electron chi connectivity index (χ2n) is 15.3. The van der Waals surface area contributed by atoms with Gasteiger partial charge in [-0.25, -0.2) is 4.57 Å². The van der Waals surface area contributed by atoms with Crippen molar-refractivity contribution in [3.63, 3.8) is 0 Å². The summed E-state index contributed by atoms with van der Waals surface area (Å²) in [7, 11) is -3.99. The van der Waals surface area contributed by atoms with Crippen LogP contribution in [0.5, 0.6) is 11.5 Å². The molecular weight excluding hydrogens is 699 g/mol. The van der Waals surface area contributed by atoms with Crippen LogP contribution in [-0.2, 0) is 62.4 Å². The fraction of sp³-hybridized carbons (Fsp3) is 0.386. The van der Waals surface area contributed by atoms with Crippen LogP contribution in [0, 0.1) is 5.41 Å². The molecule has 0 spiro atoms. The van der Waals surface area contributed by atoms with Gasteiger partial charge < -0.3 is 19.1 Å². The van der Waals surface area contributed by atoms with E-state index in [9.17, 15) is 14.4 Å². The van der Waals surface area contributed by atoms with Crippen molar-refractivity contribution in [2.24, 2.45) is 5.41 Å². The van der Waals surface area contributed by atoms with E-state index >= 15 is 4.57 Å². The SMILES string of the molecule is O=C(CN1C(=O)C(NC(=O)C2(CP(=O)(Oc3ccc4c(c3)CCC4)Oc3ccc4c(c3)CCC4)CCCC2)CCc2ccccc21)OCc1ccccc1. The van der Waals surface area contributed by atoms with Crippen molar-refractivity contribution >= 4 is 31.1 Å². The molecule has 1 heterocycles. The van der Waals surface area contributed by atoms with Gasteiger partial charge >= 0.3 is 13.6 Å². The third kappa shape index (κ3) is 7.83. The third-order valence-electron chi connectivity index (χ3n) is 11.6. The number of nitrogens with one attached hydrogen (secondary N) is 1. The van der Waals surface area contributed by atoms with Gasteiger partial charge in [0.15, 0.2) is 0 Å². The molecule has 8 rings (SSSR count). The molecule has 2 amide bonds. The van der Waals surface area contributed by atoms with Crippen molar-refractivity contribution in [1.82, 2.24) is 5.32 Å². The van der Waals surface area contributed by atoms with Crippen LogP contribution in [0.3, 0.4) is 0 Å². The molecular formula is C44H47N2O7P. The van der Waals surface area contributed by atoms with E-state index in [1.54, 1.807) is 0 Å². The molecule has 9 nitrogen and oxygen atoms in total. The van der Waals surface area contributed by atoms with Crippen LogP contribution in [0.2, 0.25) is 0 Å². The van der Waals surface area contributed by atoms with Crippen LogP contribution in [0.4, 0.5) is 5.69 Å². The Labute approximate surface area is 316 Å². The predicted molar refractivity (Wildman–Crippen MR) is 207 cm³/mol. The molecule has 0 aromatic heterocycles. The first-order chi connectivity index (χ1) is 26.3. The summed E-state index contributed by atoms with van der Waals surface area (Å²) < 4.78 is 33.5. The van der Waals surface area contributed by atoms with Crippen LogP contribution in [-0.4, -0.2) is 36.5 Å². The number of esters is 1. The van der Waals surface area contributed by atoms with Gasteiger partial charge in [0.1, 0.15) is 30.7 Å². The second kappa shape index (κ2) is 15.5. The highest BCUT2D eigenvalue weighted by atomic mass is 31.2. The molecule has 3 aliphatic carbocycles. The van der Waals surface area contributed by atoms with Crippen LogP contribution in [0.1, 0.15) is 78.3 Å². The smallest absolute Gasteiger partial charge is 0.431 e. The lowest BCUT2D eigenvalue weighted by atomic mass is 9.87. The number of para-hydroxylation sites is 1. The summed E-state index contributed by atoms with van der Waals surface area (Å²) in [6, 6.07) is 27.7. The van der Waals surface area contributed by atoms with E-state index in [-0.39, 0.29) is 31.1 Å². The minimum absolute atomic E-state index is 0.0904. The van der Waals surface area contributed by atoms with Crippen molar-refractivity contribution in [2.75, 3.05) is 17.6 Å². The number of carbonyl (C=O) groups is 3. The molecule has 0 radical (unpaired) electrons. The van der Waals surface area contributed by atoms with Gasteiger partial charge in [0, 0.05) is 5.69 Å². The summed E-state index contributed by atoms with van der Waals surface area (Å²) in [5.41, 5.74) is 6.22. The Bertz CT molecular complexity index is 2030. The van der Waals surface area contributed by atoms with E-state index in [0.29, 0.717) is 42.9 Å². The highest BCUT2D eigenvalue weighted by Gasteiger charge is 2.50. The first-order valence-electron chi connectivity index (χ1n) is 19.4. The summed E-state index contributed by atoms with van der Waals surface area (Å²) in [4.78, 5) is 43.6. The maximum atomic E-state index is 15.2. The average Bonchev–Trinajstić information content (AvgIpc) is 3.95. The number of ether oxygens (including phenoxy) is 1. The lowest BCUT2D eigenvalue weighted by Gasteiger charge is -2.33. The van der Waals surface area contributed by atoms with Gasteiger partial charge in [-0.15, -0.1) is 0 Å². The maximum Gasteiger partial charge on any atom is 0.431 e. The number of aryl methyl sites for hydroxylation is 5. The van der Waals surface area contributed by atoms with Crippen molar-refractivity contribution < 1.29 is 32.7 Å². The quantitative estimate of drug-likeness (QED) is 0.115. The third-order valence-corrected chi connectivity index (χ3v) is 13.5. The van der Waals surface area contributed by atoms with Gasteiger partial charge in [-0.3, -0.25) is 19.3 Å². The minimum Gasteiger partial charge on any atom is -0.459 e. The Morgan fingerprint density at radius 2 is 1.33 bits per heavy atom. The molecule has 54 heavy (non-hydrogen) atoms. The molecule has 280 valence electrons. The lowest BCUT2D eigenvalue weighted by Crippen LogP contribution is -2.53. The standard InChI is InChI=1S/C44H47N2O7P/c47-41(51-29-31-10-2-1-3-11-31)28-46-40-17-5-4-12-34(40)20-23-39(42(46)48)45-43(49)44(24-6-7-25-44)30-54(50,52-37-21-18-32-13-8-15-35(32)26-37)53-38-22-19-33-14-9-16-36(33)27-38/h1-5,10-12,17-19,21-22,26-27,39H,6-9,13-16,20,23-25,28-30H2,(H,45,49). The van der Waals surface area contributed by atoms with Crippen molar-refractivity contribution in [1.29, 1.82) is 0 Å². The Hall–Kier alpha value is -4.88. The van der Waals surface area contributed by atoms with Crippen LogP contribution in [0.25, 0.3) is 0 Å². The molecule has 4 aromatic rings. The van der Waals surface area contributed by atoms with Gasteiger partial charge in [0.2, 0.25) is 11.8 Å². The number of amides is 2. The zero-order chi connectivity index (χ0) is 37.1. The summed E-state index contributed by atoms with van der Waals surface area (Å²) in [5.74, 6) is -0.327. The van der Waals surface area contributed by atoms with Crippen LogP contribution >= 0.6 is 7.60 Å². The number of anilines is 1. The van der Waals surface area contributed by atoms with Gasteiger partial charge in [-0.1, -0.05) is 73.5 Å². The highest BCUT2D eigenvalue weighted by molar-refractivity contribution is 7.54. The largest absolute Gasteiger partial charge is 0.459 e. The fourth-order valence-corrected chi connectivity index (χ4v) is 11.0. The Morgan fingerprint density at radius 1 is 0.722 bits per heavy atom. The molecule has 1 atom stereocenters. The number of carbonyl (C=O) groups excluding carboxylic acids is 3. The van der Waals surface area contributed by atoms with Gasteiger partial charge in [-0.05, 0) is 128 Å². The number of hydrogen-bond acceptors (Lipinski definition) is 7. The maximum absolute atomic E-state index is 15.2. The Balaban J connectivity index is 1.04. The van der Waals surface area contributed by atoms with E-state index in [1.807, 2.05) is 91.0 Å². The molecule has 1 unspecified atom stereocenters. The number of benzene rings is 4. The Kier molecular flexibility index (Phi) is 10.3. The first-order valence-corrected chi connectivity index (χ1v) is 21.1. The molecule has 1 N–H and O–H groups in total. The first kappa shape index (κ1) is 36.1. The monoisotopic (exact) mass is 746 g/mol. The molecule has 4 aliphatic rings. The topological polar surface area (TPSA) is 111 Å². The summed E-state index contributed by atoms with van der Waals surface area (Å²) in [5, 5.41) is 3.09. The van der Waals surface area contributed by atoms with Crippen molar-refractivity contribution in [3.8, 4) is 11.5 Å². The van der Waals surface area contributed by atoms with Crippen LogP contribution in [0.15, 0.2) is 91.0 Å². The second-order valence-corrected chi connectivity index (χ2v) is 17.2. The van der Waals surface area contributed by atoms with E-state index in [2.05, 4.69) is 5.32 Å². The fourth-order valence-electron chi connectivity index (χ4n) is 8.73. The molecule has 0 bridgehead atoms. The number of rotatable bonds is 12. The van der Waals surface area contributed by atoms with E-state index in [4.69, 9.17) is 13.8 Å². The summed E-state index contributed by atoms with van der Waals surface area (Å²) in [6.07, 6.45) is 9.32. The zero-order valence-corrected chi connectivity index (χ0v) is 31.5. The number of nitrogens with zero attached hydrogens (tertiary/aromatic N) is 1. The number of hydrogen-bond donors (Lipinski definition) is 1. The average molecular weight is 747 g/mol. The predicted octanol–water partition coefficient (Wildman–Crippen LogP) is 8.08. The number of fused-ring (bicyclic) bond motifs is 3. The van der Waals surface area contributed by atoms with Crippen molar-refractivity contribution in [3.05, 3.63) is 124 Å². The van der Waals surface area contributed by atoms with Crippen LogP contribution < -0.4 is 19.3 Å². The molecule has 10 heteroatoms. The lowest BCUT2D eigenvalue weighted by molar-refractivity contribution is -0.144. The molecule has 4 aromatic carbocycles. The van der Waals surface area contributed by atoms with E-state index < -0.39 is 25.0 Å². The molecule has 1 aliphatic heterocycles. The van der Waals surface area contributed by atoms with E-state index in [1.165, 1.54) is 27.2 Å². The van der Waals surface area contributed by atoms with Gasteiger partial charge in [-0.2, -0.15) is 0 Å². The molecule has 1 saturated carbocycles. The van der Waals surface area contributed by atoms with Gasteiger partial charge in [0.25, 0.3) is 0 Å². The molecule has 1 fully saturated rings. The van der Waals surface area contributed by atoms with E-state index in [0.717, 1.165) is 62.5 Å². The minimum atomic E-state index is -3.99. The molecule has 0 saturated heterocycles. The zero-order valence-electron chi connectivity index (χ0n) is 30.6. The Morgan fingerprint density at radius 3 is 2.00 bits per heavy atom. The summed E-state index contributed by atoms with van der Waals surface area (Å²) >= 11 is 0. The summed E-state index contributed by atoms with van der Waals surface area (Å²) in [6.45, 7) is -0.203. The van der Waals surface area contributed by atoms with Gasteiger partial charge in [0.05, 0.1) is 11.6 Å². The van der Waals surface area contributed by atoms with Crippen molar-refractivity contribution in [2.45, 2.75) is 89.7 Å². The normalized spacial score (nSPS) is 18.6.